The third-order valence-electron chi connectivity index (χ3n) is 3.52. The van der Waals surface area contributed by atoms with E-state index in [1.807, 2.05) is 55.5 Å². The highest BCUT2D eigenvalue weighted by atomic mass is 16.5. The van der Waals surface area contributed by atoms with Crippen LogP contribution in [-0.2, 0) is 4.79 Å². The van der Waals surface area contributed by atoms with Crippen molar-refractivity contribution in [2.45, 2.75) is 6.92 Å². The third-order valence-corrected chi connectivity index (χ3v) is 3.52. The molecular weight excluding hydrogens is 332 g/mol. The second-order valence-corrected chi connectivity index (χ2v) is 5.59. The number of nitrogens with zero attached hydrogens (tertiary/aromatic N) is 2. The van der Waals surface area contributed by atoms with Crippen molar-refractivity contribution in [3.05, 3.63) is 78.1 Å². The Balaban J connectivity index is 1.49. The topological polar surface area (TPSA) is 85.3 Å². The second kappa shape index (κ2) is 7.98. The molecule has 132 valence electrons. The average molecular weight is 350 g/mol. The van der Waals surface area contributed by atoms with Gasteiger partial charge < -0.3 is 4.74 Å². The van der Waals surface area contributed by atoms with Crippen LogP contribution in [-0.4, -0.2) is 28.2 Å². The number of hydrogen-bond acceptors (Lipinski definition) is 4. The van der Waals surface area contributed by atoms with E-state index in [1.54, 1.807) is 23.0 Å². The SMILES string of the molecule is Cc1cccc(OCC(=O)NNC(=O)c2ccn(-c3ccccc3)n2)c1. The lowest BCUT2D eigenvalue weighted by atomic mass is 10.2. The predicted octanol–water partition coefficient (Wildman–Crippen LogP) is 2.02. The fourth-order valence-corrected chi connectivity index (χ4v) is 2.25. The zero-order chi connectivity index (χ0) is 18.4. The highest BCUT2D eigenvalue weighted by molar-refractivity contribution is 5.93. The van der Waals surface area contributed by atoms with E-state index in [1.165, 1.54) is 0 Å². The molecule has 0 fully saturated rings. The van der Waals surface area contributed by atoms with Gasteiger partial charge in [0.15, 0.2) is 12.3 Å². The largest absolute Gasteiger partial charge is 0.484 e. The highest BCUT2D eigenvalue weighted by Crippen LogP contribution is 2.11. The van der Waals surface area contributed by atoms with Crippen molar-refractivity contribution in [1.82, 2.24) is 20.6 Å². The number of ether oxygens (including phenoxy) is 1. The van der Waals surface area contributed by atoms with Crippen molar-refractivity contribution in [2.24, 2.45) is 0 Å². The number of hydrogen-bond donors (Lipinski definition) is 2. The molecule has 0 aliphatic heterocycles. The van der Waals surface area contributed by atoms with Gasteiger partial charge in [-0.25, -0.2) is 4.68 Å². The summed E-state index contributed by atoms with van der Waals surface area (Å²) >= 11 is 0. The van der Waals surface area contributed by atoms with Gasteiger partial charge in [-0.05, 0) is 42.8 Å². The smallest absolute Gasteiger partial charge is 0.290 e. The number of para-hydroxylation sites is 1. The molecule has 0 bridgehead atoms. The summed E-state index contributed by atoms with van der Waals surface area (Å²) < 4.78 is 6.95. The monoisotopic (exact) mass is 350 g/mol. The van der Waals surface area contributed by atoms with Crippen LogP contribution < -0.4 is 15.6 Å². The number of carbonyl (C=O) groups is 2. The van der Waals surface area contributed by atoms with Crippen LogP contribution in [0.2, 0.25) is 0 Å². The number of benzene rings is 2. The Kier molecular flexibility index (Phi) is 5.28. The molecule has 7 nitrogen and oxygen atoms in total. The Hall–Kier alpha value is -3.61. The summed E-state index contributed by atoms with van der Waals surface area (Å²) in [7, 11) is 0. The Morgan fingerprint density at radius 1 is 1.04 bits per heavy atom. The van der Waals surface area contributed by atoms with Crippen molar-refractivity contribution in [3.63, 3.8) is 0 Å². The van der Waals surface area contributed by atoms with Crippen molar-refractivity contribution in [3.8, 4) is 11.4 Å². The first-order valence-electron chi connectivity index (χ1n) is 8.01. The summed E-state index contributed by atoms with van der Waals surface area (Å²) in [5, 5.41) is 4.18. The molecule has 0 aliphatic carbocycles. The minimum absolute atomic E-state index is 0.189. The minimum Gasteiger partial charge on any atom is -0.484 e. The molecule has 2 aromatic carbocycles. The lowest BCUT2D eigenvalue weighted by molar-refractivity contribution is -0.123. The molecule has 3 rings (SSSR count). The van der Waals surface area contributed by atoms with Crippen LogP contribution in [0.25, 0.3) is 5.69 Å². The maximum absolute atomic E-state index is 12.1. The maximum atomic E-state index is 12.1. The van der Waals surface area contributed by atoms with Gasteiger partial charge in [-0.1, -0.05) is 30.3 Å². The lowest BCUT2D eigenvalue weighted by Gasteiger charge is -2.08. The van der Waals surface area contributed by atoms with Gasteiger partial charge in [-0.2, -0.15) is 5.10 Å². The van der Waals surface area contributed by atoms with Gasteiger partial charge >= 0.3 is 0 Å². The first kappa shape index (κ1) is 17.2. The fraction of sp³-hybridized carbons (Fsp3) is 0.105. The number of aromatic nitrogens is 2. The van der Waals surface area contributed by atoms with E-state index in [2.05, 4.69) is 16.0 Å². The van der Waals surface area contributed by atoms with Gasteiger partial charge in [0.05, 0.1) is 5.69 Å². The number of hydrazine groups is 1. The van der Waals surface area contributed by atoms with E-state index in [0.29, 0.717) is 5.75 Å². The number of nitrogens with one attached hydrogen (secondary N) is 2. The predicted molar refractivity (Wildman–Crippen MR) is 95.8 cm³/mol. The minimum atomic E-state index is -0.511. The van der Waals surface area contributed by atoms with E-state index >= 15 is 0 Å². The maximum Gasteiger partial charge on any atom is 0.290 e. The van der Waals surface area contributed by atoms with Crippen LogP contribution in [0.4, 0.5) is 0 Å². The van der Waals surface area contributed by atoms with Crippen LogP contribution in [0.15, 0.2) is 66.9 Å². The highest BCUT2D eigenvalue weighted by Gasteiger charge is 2.11. The number of carbonyl (C=O) groups excluding carboxylic acids is 2. The van der Waals surface area contributed by atoms with Crippen LogP contribution >= 0.6 is 0 Å². The Morgan fingerprint density at radius 2 is 1.85 bits per heavy atom. The molecule has 0 spiro atoms. The van der Waals surface area contributed by atoms with Gasteiger partial charge in [-0.3, -0.25) is 20.4 Å². The lowest BCUT2D eigenvalue weighted by Crippen LogP contribution is -2.44. The second-order valence-electron chi connectivity index (χ2n) is 5.59. The summed E-state index contributed by atoms with van der Waals surface area (Å²) in [5.74, 6) is -0.390. The molecule has 1 heterocycles. The molecule has 0 aliphatic rings. The Bertz CT molecular complexity index is 906. The standard InChI is InChI=1S/C19H18N4O3/c1-14-6-5-9-16(12-14)26-13-18(24)20-21-19(25)17-10-11-23(22-17)15-7-3-2-4-8-15/h2-12H,13H2,1H3,(H,20,24)(H,21,25). The van der Waals surface area contributed by atoms with E-state index in [0.717, 1.165) is 11.3 Å². The van der Waals surface area contributed by atoms with E-state index in [4.69, 9.17) is 4.74 Å². The molecule has 0 saturated heterocycles. The van der Waals surface area contributed by atoms with E-state index < -0.39 is 11.8 Å². The van der Waals surface area contributed by atoms with Gasteiger partial charge in [0.2, 0.25) is 0 Å². The van der Waals surface area contributed by atoms with Crippen LogP contribution in [0.5, 0.6) is 5.75 Å². The molecule has 0 atom stereocenters. The Labute approximate surface area is 150 Å². The van der Waals surface area contributed by atoms with Crippen molar-refractivity contribution in [2.75, 3.05) is 6.61 Å². The quantitative estimate of drug-likeness (QED) is 0.690. The molecule has 2 amide bonds. The zero-order valence-electron chi connectivity index (χ0n) is 14.2. The van der Waals surface area contributed by atoms with Crippen molar-refractivity contribution < 1.29 is 14.3 Å². The summed E-state index contributed by atoms with van der Waals surface area (Å²) in [6.07, 6.45) is 1.67. The summed E-state index contributed by atoms with van der Waals surface area (Å²) in [6, 6.07) is 18.3. The molecule has 2 N–H and O–H groups in total. The van der Waals surface area contributed by atoms with Gasteiger partial charge in [-0.15, -0.1) is 0 Å². The summed E-state index contributed by atoms with van der Waals surface area (Å²) in [4.78, 5) is 23.9. The molecule has 3 aromatic rings. The first-order valence-corrected chi connectivity index (χ1v) is 8.01. The molecule has 0 saturated carbocycles. The number of aryl methyl sites for hydroxylation is 1. The average Bonchev–Trinajstić information content (AvgIpc) is 3.15. The van der Waals surface area contributed by atoms with Crippen molar-refractivity contribution >= 4 is 11.8 Å². The first-order chi connectivity index (χ1) is 12.6. The van der Waals surface area contributed by atoms with Crippen LogP contribution in [0.1, 0.15) is 16.1 Å². The molecule has 0 unspecified atom stereocenters. The summed E-state index contributed by atoms with van der Waals surface area (Å²) in [6.45, 7) is 1.73. The van der Waals surface area contributed by atoms with Gasteiger partial charge in [0.25, 0.3) is 11.8 Å². The molecular formula is C19H18N4O3. The van der Waals surface area contributed by atoms with Gasteiger partial charge in [0, 0.05) is 6.20 Å². The fourth-order valence-electron chi connectivity index (χ4n) is 2.25. The normalized spacial score (nSPS) is 10.2. The van der Waals surface area contributed by atoms with Crippen LogP contribution in [0.3, 0.4) is 0 Å². The molecule has 26 heavy (non-hydrogen) atoms. The van der Waals surface area contributed by atoms with E-state index in [-0.39, 0.29) is 12.3 Å². The Morgan fingerprint density at radius 3 is 2.62 bits per heavy atom. The van der Waals surface area contributed by atoms with Gasteiger partial charge in [0.1, 0.15) is 5.75 Å². The summed E-state index contributed by atoms with van der Waals surface area (Å²) in [5.41, 5.74) is 6.68. The van der Waals surface area contributed by atoms with Crippen molar-refractivity contribution in [1.29, 1.82) is 0 Å². The van der Waals surface area contributed by atoms with Crippen LogP contribution in [0, 0.1) is 6.92 Å². The molecule has 7 heteroatoms. The molecule has 1 aromatic heterocycles. The number of rotatable bonds is 5. The zero-order valence-corrected chi connectivity index (χ0v) is 14.2. The number of amides is 2. The van der Waals surface area contributed by atoms with E-state index in [9.17, 15) is 9.59 Å². The third kappa shape index (κ3) is 4.47. The molecule has 0 radical (unpaired) electrons.